The molecule has 2 aliphatic heterocycles. The van der Waals surface area contributed by atoms with Crippen LogP contribution in [0.15, 0.2) is 60.7 Å². The number of unbranched alkanes of at least 4 members (excludes halogenated alkanes) is 1. The van der Waals surface area contributed by atoms with E-state index in [1.807, 2.05) is 0 Å². The van der Waals surface area contributed by atoms with E-state index in [9.17, 15) is 14.7 Å². The van der Waals surface area contributed by atoms with Crippen molar-refractivity contribution in [2.75, 3.05) is 59.7 Å². The van der Waals surface area contributed by atoms with Crippen LogP contribution in [0.5, 0.6) is 17.2 Å². The number of aliphatic hydroxyl groups is 1. The van der Waals surface area contributed by atoms with Crippen LogP contribution >= 0.6 is 0 Å². The second kappa shape index (κ2) is 14.7. The zero-order valence-corrected chi connectivity index (χ0v) is 24.0. The van der Waals surface area contributed by atoms with Crippen LogP contribution in [0.4, 0.5) is 0 Å². The van der Waals surface area contributed by atoms with Gasteiger partial charge >= 0.3 is 0 Å². The van der Waals surface area contributed by atoms with Gasteiger partial charge in [0.1, 0.15) is 18.1 Å². The minimum absolute atomic E-state index is 0.0443. The number of carbonyl (C=O) groups is 2. The minimum atomic E-state index is -0.789. The number of hydrogen-bond donors (Lipinski definition) is 1. The number of likely N-dealkylation sites (tertiary alicyclic amines) is 1. The van der Waals surface area contributed by atoms with Gasteiger partial charge in [0, 0.05) is 31.7 Å². The van der Waals surface area contributed by atoms with Crippen molar-refractivity contribution in [2.24, 2.45) is 0 Å². The van der Waals surface area contributed by atoms with E-state index in [1.165, 1.54) is 7.11 Å². The monoisotopic (exact) mass is 564 g/mol. The summed E-state index contributed by atoms with van der Waals surface area (Å²) in [5, 5.41) is 11.4. The average Bonchev–Trinajstić information content (AvgIpc) is 3.25. The Bertz CT molecular complexity index is 1240. The predicted octanol–water partition coefficient (Wildman–Crippen LogP) is 4.58. The molecule has 2 heterocycles. The summed E-state index contributed by atoms with van der Waals surface area (Å²) in [6, 6.07) is 11.4. The number of methoxy groups -OCH3 is 1. The van der Waals surface area contributed by atoms with E-state index in [-0.39, 0.29) is 11.3 Å². The molecule has 9 heteroatoms. The summed E-state index contributed by atoms with van der Waals surface area (Å²) in [6.45, 7) is 10.9. The fourth-order valence-corrected chi connectivity index (χ4v) is 5.07. The van der Waals surface area contributed by atoms with E-state index in [0.717, 1.165) is 32.5 Å². The topological polar surface area (TPSA) is 97.8 Å². The first-order valence-corrected chi connectivity index (χ1v) is 14.2. The van der Waals surface area contributed by atoms with Gasteiger partial charge in [-0.25, -0.2) is 0 Å². The molecular weight excluding hydrogens is 524 g/mol. The number of ketones is 1. The van der Waals surface area contributed by atoms with Gasteiger partial charge in [0.15, 0.2) is 11.5 Å². The third-order valence-corrected chi connectivity index (χ3v) is 7.27. The maximum absolute atomic E-state index is 13.5. The molecule has 0 spiro atoms. The molecule has 1 atom stereocenters. The highest BCUT2D eigenvalue weighted by atomic mass is 16.5. The van der Waals surface area contributed by atoms with Crippen LogP contribution in [-0.2, 0) is 14.3 Å². The van der Waals surface area contributed by atoms with E-state index < -0.39 is 17.7 Å². The first-order valence-electron chi connectivity index (χ1n) is 14.2. The van der Waals surface area contributed by atoms with Crippen LogP contribution in [-0.4, -0.2) is 86.3 Å². The number of rotatable bonds is 14. The Morgan fingerprint density at radius 3 is 2.49 bits per heavy atom. The maximum atomic E-state index is 13.5. The fraction of sp³-hybridized carbons (Fsp3) is 0.438. The zero-order valence-electron chi connectivity index (χ0n) is 24.0. The standard InChI is InChI=1S/C32H40N2O7/c1-4-6-19-40-25-11-8-23(9-12-25)30(35)28-29(24-10-13-26(41-18-5-2)27(22-24)38-3)34(32(37)31(28)36)15-7-14-33-16-20-39-21-17-33/h5,8-13,22,29,35H,2,4,6-7,14-21H2,1,3H3/b30-28+. The van der Waals surface area contributed by atoms with Crippen LogP contribution in [0.25, 0.3) is 5.76 Å². The molecule has 0 aromatic heterocycles. The summed E-state index contributed by atoms with van der Waals surface area (Å²) in [7, 11) is 1.53. The van der Waals surface area contributed by atoms with Gasteiger partial charge in [0.2, 0.25) is 0 Å². The summed E-state index contributed by atoms with van der Waals surface area (Å²) in [4.78, 5) is 30.7. The van der Waals surface area contributed by atoms with E-state index >= 15 is 0 Å². The van der Waals surface area contributed by atoms with Crippen molar-refractivity contribution in [1.82, 2.24) is 9.80 Å². The lowest BCUT2D eigenvalue weighted by Crippen LogP contribution is -2.39. The minimum Gasteiger partial charge on any atom is -0.507 e. The molecule has 9 nitrogen and oxygen atoms in total. The van der Waals surface area contributed by atoms with Gasteiger partial charge in [0.05, 0.1) is 38.5 Å². The van der Waals surface area contributed by atoms with Crippen molar-refractivity contribution in [3.8, 4) is 17.2 Å². The zero-order chi connectivity index (χ0) is 29.2. The molecule has 2 aromatic rings. The summed E-state index contributed by atoms with van der Waals surface area (Å²) in [5.41, 5.74) is 1.12. The maximum Gasteiger partial charge on any atom is 0.295 e. The number of benzene rings is 2. The molecule has 1 unspecified atom stereocenters. The van der Waals surface area contributed by atoms with E-state index in [2.05, 4.69) is 18.4 Å². The molecule has 0 radical (unpaired) electrons. The number of aliphatic hydroxyl groups excluding tert-OH is 1. The molecule has 1 amide bonds. The number of amides is 1. The number of Topliss-reactive ketones (excluding diaryl/α,β-unsaturated/α-hetero) is 1. The molecule has 1 N–H and O–H groups in total. The Morgan fingerprint density at radius 1 is 1.05 bits per heavy atom. The Balaban J connectivity index is 1.67. The Hall–Kier alpha value is -3.82. The van der Waals surface area contributed by atoms with Crippen molar-refractivity contribution in [3.05, 3.63) is 71.8 Å². The molecular formula is C32H40N2O7. The van der Waals surface area contributed by atoms with Gasteiger partial charge < -0.3 is 29.0 Å². The van der Waals surface area contributed by atoms with Crippen LogP contribution < -0.4 is 14.2 Å². The largest absolute Gasteiger partial charge is 0.507 e. The number of carbonyl (C=O) groups excluding carboxylic acids is 2. The molecule has 220 valence electrons. The van der Waals surface area contributed by atoms with Crippen molar-refractivity contribution in [3.63, 3.8) is 0 Å². The van der Waals surface area contributed by atoms with Crippen molar-refractivity contribution in [1.29, 1.82) is 0 Å². The quantitative estimate of drug-likeness (QED) is 0.117. The number of nitrogens with zero attached hydrogens (tertiary/aromatic N) is 2. The van der Waals surface area contributed by atoms with Crippen molar-refractivity contribution < 1.29 is 33.6 Å². The molecule has 0 saturated carbocycles. The highest BCUT2D eigenvalue weighted by Crippen LogP contribution is 2.42. The Morgan fingerprint density at radius 2 is 1.80 bits per heavy atom. The van der Waals surface area contributed by atoms with E-state index in [1.54, 1.807) is 53.4 Å². The van der Waals surface area contributed by atoms with Crippen LogP contribution in [0, 0.1) is 0 Å². The molecule has 4 rings (SSSR count). The lowest BCUT2D eigenvalue weighted by Gasteiger charge is -2.29. The smallest absolute Gasteiger partial charge is 0.295 e. The highest BCUT2D eigenvalue weighted by molar-refractivity contribution is 6.46. The summed E-state index contributed by atoms with van der Waals surface area (Å²) < 4.78 is 22.4. The Kier molecular flexibility index (Phi) is 10.8. The van der Waals surface area contributed by atoms with Gasteiger partial charge in [-0.05, 0) is 54.8 Å². The SMILES string of the molecule is C=CCOc1ccc(C2/C(=C(\O)c3ccc(OCCCC)cc3)C(=O)C(=O)N2CCCN2CCOCC2)cc1OC. The molecule has 2 saturated heterocycles. The van der Waals surface area contributed by atoms with Crippen molar-refractivity contribution >= 4 is 17.4 Å². The highest BCUT2D eigenvalue weighted by Gasteiger charge is 2.46. The third-order valence-electron chi connectivity index (χ3n) is 7.27. The van der Waals surface area contributed by atoms with Crippen LogP contribution in [0.2, 0.25) is 0 Å². The lowest BCUT2D eigenvalue weighted by molar-refractivity contribution is -0.140. The average molecular weight is 565 g/mol. The molecule has 41 heavy (non-hydrogen) atoms. The first kappa shape index (κ1) is 30.1. The Labute approximate surface area is 241 Å². The number of ether oxygens (including phenoxy) is 4. The number of hydrogen-bond acceptors (Lipinski definition) is 8. The molecule has 0 bridgehead atoms. The first-order chi connectivity index (χ1) is 20.0. The van der Waals surface area contributed by atoms with Crippen LogP contribution in [0.1, 0.15) is 43.4 Å². The molecule has 0 aliphatic carbocycles. The number of morpholine rings is 1. The second-order valence-electron chi connectivity index (χ2n) is 10.0. The van der Waals surface area contributed by atoms with E-state index in [4.69, 9.17) is 18.9 Å². The fourth-order valence-electron chi connectivity index (χ4n) is 5.07. The molecule has 2 aromatic carbocycles. The van der Waals surface area contributed by atoms with Gasteiger partial charge in [-0.2, -0.15) is 0 Å². The van der Waals surface area contributed by atoms with Gasteiger partial charge in [-0.15, -0.1) is 0 Å². The molecule has 2 fully saturated rings. The lowest BCUT2D eigenvalue weighted by atomic mass is 9.95. The van der Waals surface area contributed by atoms with E-state index in [0.29, 0.717) is 67.8 Å². The van der Waals surface area contributed by atoms with Gasteiger partial charge in [-0.1, -0.05) is 32.1 Å². The molecule has 2 aliphatic rings. The second-order valence-corrected chi connectivity index (χ2v) is 10.0. The van der Waals surface area contributed by atoms with Crippen molar-refractivity contribution in [2.45, 2.75) is 32.2 Å². The summed E-state index contributed by atoms with van der Waals surface area (Å²) in [5.74, 6) is 0.0676. The summed E-state index contributed by atoms with van der Waals surface area (Å²) >= 11 is 0. The summed E-state index contributed by atoms with van der Waals surface area (Å²) in [6.07, 6.45) is 4.27. The third kappa shape index (κ3) is 7.28. The van der Waals surface area contributed by atoms with Gasteiger partial charge in [-0.3, -0.25) is 14.5 Å². The normalized spacial score (nSPS) is 18.9. The van der Waals surface area contributed by atoms with Gasteiger partial charge in [0.25, 0.3) is 11.7 Å². The van der Waals surface area contributed by atoms with Crippen LogP contribution in [0.3, 0.4) is 0 Å². The predicted molar refractivity (Wildman–Crippen MR) is 156 cm³/mol.